The van der Waals surface area contributed by atoms with Crippen molar-refractivity contribution in [2.45, 2.75) is 39.5 Å². The van der Waals surface area contributed by atoms with Gasteiger partial charge in [-0.3, -0.25) is 4.79 Å². The molecule has 0 atom stereocenters. The Bertz CT molecular complexity index is 1310. The van der Waals surface area contributed by atoms with Crippen molar-refractivity contribution in [1.29, 1.82) is 0 Å². The number of rotatable bonds is 8. The van der Waals surface area contributed by atoms with E-state index in [2.05, 4.69) is 39.7 Å². The summed E-state index contributed by atoms with van der Waals surface area (Å²) in [5.41, 5.74) is 13.1. The fourth-order valence-electron chi connectivity index (χ4n) is 4.15. The predicted molar refractivity (Wildman–Crippen MR) is 141 cm³/mol. The molecule has 0 aliphatic rings. The van der Waals surface area contributed by atoms with Crippen LogP contribution in [-0.4, -0.2) is 22.9 Å². The van der Waals surface area contributed by atoms with Crippen LogP contribution in [0.1, 0.15) is 47.7 Å². The minimum atomic E-state index is -0.222. The molecule has 0 aliphatic carbocycles. The molecule has 4 N–H and O–H groups in total. The third-order valence-electron chi connectivity index (χ3n) is 6.07. The lowest BCUT2D eigenvalue weighted by Crippen LogP contribution is -2.15. The molecule has 6 nitrogen and oxygen atoms in total. The van der Waals surface area contributed by atoms with Crippen molar-refractivity contribution in [2.24, 2.45) is 0 Å². The van der Waals surface area contributed by atoms with Gasteiger partial charge in [-0.15, -0.1) is 0 Å². The molecule has 0 saturated carbocycles. The molecule has 0 saturated heterocycles. The molecule has 0 bridgehead atoms. The van der Waals surface area contributed by atoms with Gasteiger partial charge in [-0.1, -0.05) is 44.0 Å². The zero-order valence-electron chi connectivity index (χ0n) is 20.0. The summed E-state index contributed by atoms with van der Waals surface area (Å²) < 4.78 is 0. The Morgan fingerprint density at radius 1 is 1.03 bits per heavy atom. The van der Waals surface area contributed by atoms with Crippen molar-refractivity contribution in [3.05, 3.63) is 77.5 Å². The Balaban J connectivity index is 1.58. The van der Waals surface area contributed by atoms with Gasteiger partial charge in [0.2, 0.25) is 5.95 Å². The highest BCUT2D eigenvalue weighted by Gasteiger charge is 2.17. The molecule has 34 heavy (non-hydrogen) atoms. The standard InChI is InChI=1S/C28H31N5O/c1-4-5-6-7-19-9-12-22(13-10-19)32-27(34)23-14-8-18(2)25(26(23)29)20-11-15-24-21(16-20)17-31-28(30-3)33-24/h8-17H,4-7,29H2,1-3H3,(H,32,34)(H,30,31,33). The van der Waals surface area contributed by atoms with E-state index in [1.807, 2.05) is 43.3 Å². The number of carbonyl (C=O) groups excluding carboxylic acids is 1. The monoisotopic (exact) mass is 453 g/mol. The average molecular weight is 454 g/mol. The van der Waals surface area contributed by atoms with Crippen LogP contribution in [0.25, 0.3) is 22.0 Å². The number of aryl methyl sites for hydroxylation is 2. The second kappa shape index (κ2) is 10.3. The largest absolute Gasteiger partial charge is 0.398 e. The first-order valence-electron chi connectivity index (χ1n) is 11.7. The highest BCUT2D eigenvalue weighted by molar-refractivity contribution is 6.10. The maximum Gasteiger partial charge on any atom is 0.257 e. The van der Waals surface area contributed by atoms with E-state index in [9.17, 15) is 4.79 Å². The number of carbonyl (C=O) groups is 1. The van der Waals surface area contributed by atoms with E-state index in [1.165, 1.54) is 24.8 Å². The van der Waals surface area contributed by atoms with E-state index < -0.39 is 0 Å². The Labute approximate surface area is 200 Å². The Kier molecular flexibility index (Phi) is 7.07. The van der Waals surface area contributed by atoms with Gasteiger partial charge in [-0.25, -0.2) is 9.97 Å². The third-order valence-corrected chi connectivity index (χ3v) is 6.07. The van der Waals surface area contributed by atoms with Gasteiger partial charge >= 0.3 is 0 Å². The average Bonchev–Trinajstić information content (AvgIpc) is 2.85. The van der Waals surface area contributed by atoms with Crippen molar-refractivity contribution >= 4 is 34.1 Å². The molecule has 4 aromatic rings. The Morgan fingerprint density at radius 3 is 2.56 bits per heavy atom. The summed E-state index contributed by atoms with van der Waals surface area (Å²) in [6, 6.07) is 17.7. The second-order valence-corrected chi connectivity index (χ2v) is 8.54. The van der Waals surface area contributed by atoms with Crippen LogP contribution in [0.3, 0.4) is 0 Å². The van der Waals surface area contributed by atoms with E-state index >= 15 is 0 Å². The number of aromatic nitrogens is 2. The van der Waals surface area contributed by atoms with Gasteiger partial charge < -0.3 is 16.4 Å². The molecular formula is C28H31N5O. The number of fused-ring (bicyclic) bond motifs is 1. The van der Waals surface area contributed by atoms with Gasteiger partial charge in [0.05, 0.1) is 16.8 Å². The Morgan fingerprint density at radius 2 is 1.82 bits per heavy atom. The number of nitrogens with two attached hydrogens (primary N) is 1. The van der Waals surface area contributed by atoms with E-state index in [1.54, 1.807) is 19.3 Å². The van der Waals surface area contributed by atoms with Crippen LogP contribution in [-0.2, 0) is 6.42 Å². The van der Waals surface area contributed by atoms with Gasteiger partial charge in [-0.2, -0.15) is 0 Å². The molecule has 1 heterocycles. The number of nitrogen functional groups attached to an aromatic ring is 1. The zero-order valence-corrected chi connectivity index (χ0v) is 20.0. The summed E-state index contributed by atoms with van der Waals surface area (Å²) in [6.07, 6.45) is 6.46. The molecule has 3 aromatic carbocycles. The Hall–Kier alpha value is -3.93. The highest BCUT2D eigenvalue weighted by atomic mass is 16.1. The molecule has 1 aromatic heterocycles. The van der Waals surface area contributed by atoms with Crippen LogP contribution in [0.2, 0.25) is 0 Å². The normalized spacial score (nSPS) is 10.9. The predicted octanol–water partition coefficient (Wildman–Crippen LogP) is 6.21. The lowest BCUT2D eigenvalue weighted by atomic mass is 9.94. The van der Waals surface area contributed by atoms with Crippen LogP contribution in [0.5, 0.6) is 0 Å². The molecule has 0 radical (unpaired) electrons. The molecular weight excluding hydrogens is 422 g/mol. The minimum absolute atomic E-state index is 0.222. The van der Waals surface area contributed by atoms with Crippen LogP contribution in [0, 0.1) is 6.92 Å². The van der Waals surface area contributed by atoms with Crippen molar-refractivity contribution < 1.29 is 4.79 Å². The smallest absolute Gasteiger partial charge is 0.257 e. The van der Waals surface area contributed by atoms with E-state index in [-0.39, 0.29) is 5.91 Å². The first-order chi connectivity index (χ1) is 16.5. The lowest BCUT2D eigenvalue weighted by Gasteiger charge is -2.15. The van der Waals surface area contributed by atoms with Crippen LogP contribution in [0.4, 0.5) is 17.3 Å². The molecule has 0 unspecified atom stereocenters. The summed E-state index contributed by atoms with van der Waals surface area (Å²) in [5, 5.41) is 6.85. The SMILES string of the molecule is CCCCCc1ccc(NC(=O)c2ccc(C)c(-c3ccc4nc(NC)ncc4c3)c2N)cc1. The topological polar surface area (TPSA) is 92.9 Å². The first kappa shape index (κ1) is 23.2. The van der Waals surface area contributed by atoms with E-state index in [0.717, 1.165) is 39.7 Å². The van der Waals surface area contributed by atoms with E-state index in [0.29, 0.717) is 17.2 Å². The number of hydrogen-bond donors (Lipinski definition) is 3. The number of benzene rings is 3. The van der Waals surface area contributed by atoms with Gasteiger partial charge in [0, 0.05) is 29.9 Å². The van der Waals surface area contributed by atoms with Crippen LogP contribution < -0.4 is 16.4 Å². The summed E-state index contributed by atoms with van der Waals surface area (Å²) in [6.45, 7) is 4.20. The number of amides is 1. The molecule has 4 rings (SSSR count). The second-order valence-electron chi connectivity index (χ2n) is 8.54. The van der Waals surface area contributed by atoms with Crippen molar-refractivity contribution in [3.63, 3.8) is 0 Å². The van der Waals surface area contributed by atoms with Crippen LogP contribution >= 0.6 is 0 Å². The fourth-order valence-corrected chi connectivity index (χ4v) is 4.15. The zero-order chi connectivity index (χ0) is 24.1. The number of nitrogens with zero attached hydrogens (tertiary/aromatic N) is 2. The summed E-state index contributed by atoms with van der Waals surface area (Å²) in [5.74, 6) is 0.351. The summed E-state index contributed by atoms with van der Waals surface area (Å²) >= 11 is 0. The number of hydrogen-bond acceptors (Lipinski definition) is 5. The van der Waals surface area contributed by atoms with Crippen LogP contribution in [0.15, 0.2) is 60.8 Å². The minimum Gasteiger partial charge on any atom is -0.398 e. The van der Waals surface area contributed by atoms with Crippen molar-refractivity contribution in [2.75, 3.05) is 23.4 Å². The fraction of sp³-hybridized carbons (Fsp3) is 0.250. The van der Waals surface area contributed by atoms with Gasteiger partial charge in [0.25, 0.3) is 5.91 Å². The van der Waals surface area contributed by atoms with Crippen molar-refractivity contribution in [1.82, 2.24) is 9.97 Å². The number of unbranched alkanes of at least 4 members (excludes halogenated alkanes) is 2. The molecule has 0 fully saturated rings. The van der Waals surface area contributed by atoms with E-state index in [4.69, 9.17) is 5.73 Å². The van der Waals surface area contributed by atoms with Gasteiger partial charge in [0.15, 0.2) is 0 Å². The lowest BCUT2D eigenvalue weighted by molar-refractivity contribution is 0.102. The molecule has 0 spiro atoms. The molecule has 174 valence electrons. The first-order valence-corrected chi connectivity index (χ1v) is 11.7. The number of nitrogens with one attached hydrogen (secondary N) is 2. The summed E-state index contributed by atoms with van der Waals surface area (Å²) in [7, 11) is 1.79. The third kappa shape index (κ3) is 5.01. The quantitative estimate of drug-likeness (QED) is 0.218. The maximum atomic E-state index is 13.1. The maximum absolute atomic E-state index is 13.1. The molecule has 1 amide bonds. The van der Waals surface area contributed by atoms with Gasteiger partial charge in [0.1, 0.15) is 0 Å². The highest BCUT2D eigenvalue weighted by Crippen LogP contribution is 2.34. The molecule has 0 aliphatic heterocycles. The van der Waals surface area contributed by atoms with Gasteiger partial charge in [-0.05, 0) is 66.8 Å². The van der Waals surface area contributed by atoms with Crippen molar-refractivity contribution in [3.8, 4) is 11.1 Å². The number of anilines is 3. The molecule has 6 heteroatoms. The summed E-state index contributed by atoms with van der Waals surface area (Å²) in [4.78, 5) is 21.9.